The molecule has 0 radical (unpaired) electrons. The average molecular weight is 180 g/mol. The molecule has 0 atom stereocenters. The van der Waals surface area contributed by atoms with Gasteiger partial charge < -0.3 is 9.52 Å². The third kappa shape index (κ3) is 1.16. The normalized spacial score (nSPS) is 10.5. The fourth-order valence-corrected chi connectivity index (χ4v) is 1.16. The van der Waals surface area contributed by atoms with Crippen molar-refractivity contribution in [2.45, 2.75) is 0 Å². The van der Waals surface area contributed by atoms with E-state index in [2.05, 4.69) is 4.42 Å². The Morgan fingerprint density at radius 3 is 2.92 bits per heavy atom. The first-order valence-corrected chi connectivity index (χ1v) is 3.60. The molecule has 2 aromatic rings. The minimum Gasteiger partial charge on any atom is -0.507 e. The fourth-order valence-electron chi connectivity index (χ4n) is 1.16. The molecule has 0 amide bonds. The zero-order valence-corrected chi connectivity index (χ0v) is 6.45. The highest BCUT2D eigenvalue weighted by molar-refractivity contribution is 5.83. The molecule has 1 aromatic heterocycles. The first-order chi connectivity index (χ1) is 6.18. The maximum Gasteiger partial charge on any atom is 0.339 e. The summed E-state index contributed by atoms with van der Waals surface area (Å²) in [6.07, 6.45) is 0. The van der Waals surface area contributed by atoms with Crippen LogP contribution in [0, 0.1) is 5.82 Å². The maximum atomic E-state index is 13.1. The van der Waals surface area contributed by atoms with Crippen LogP contribution >= 0.6 is 0 Å². The van der Waals surface area contributed by atoms with Gasteiger partial charge in [-0.25, -0.2) is 9.18 Å². The van der Waals surface area contributed by atoms with Crippen molar-refractivity contribution in [3.05, 3.63) is 40.5 Å². The van der Waals surface area contributed by atoms with Gasteiger partial charge >= 0.3 is 5.63 Å². The minimum absolute atomic E-state index is 0.0463. The summed E-state index contributed by atoms with van der Waals surface area (Å²) in [5.41, 5.74) is -0.652. The lowest BCUT2D eigenvalue weighted by Crippen LogP contribution is -1.96. The van der Waals surface area contributed by atoms with Gasteiger partial charge in [-0.05, 0) is 12.1 Å². The molecule has 1 N–H and O–H groups in total. The largest absolute Gasteiger partial charge is 0.507 e. The highest BCUT2D eigenvalue weighted by atomic mass is 19.1. The van der Waals surface area contributed by atoms with Crippen LogP contribution in [0.4, 0.5) is 4.39 Å². The van der Waals surface area contributed by atoms with Crippen LogP contribution in [0.25, 0.3) is 11.0 Å². The van der Waals surface area contributed by atoms with Gasteiger partial charge in [0.05, 0.1) is 11.5 Å². The first kappa shape index (κ1) is 7.79. The molecule has 3 nitrogen and oxygen atoms in total. The summed E-state index contributed by atoms with van der Waals surface area (Å²) in [4.78, 5) is 10.8. The average Bonchev–Trinajstić information content (AvgIpc) is 2.02. The SMILES string of the molecule is O=c1cc(O)c2c(F)cccc2o1. The van der Waals surface area contributed by atoms with Crippen LogP contribution in [-0.4, -0.2) is 5.11 Å². The van der Waals surface area contributed by atoms with Gasteiger partial charge in [0, 0.05) is 0 Å². The molecule has 0 saturated heterocycles. The topological polar surface area (TPSA) is 50.4 Å². The van der Waals surface area contributed by atoms with E-state index in [1.165, 1.54) is 18.2 Å². The molecule has 4 heteroatoms. The molecule has 0 spiro atoms. The first-order valence-electron chi connectivity index (χ1n) is 3.60. The van der Waals surface area contributed by atoms with Crippen LogP contribution in [0.15, 0.2) is 33.5 Å². The summed E-state index contributed by atoms with van der Waals surface area (Å²) in [6, 6.07) is 4.84. The molecule has 1 heterocycles. The molecular weight excluding hydrogens is 175 g/mol. The van der Waals surface area contributed by atoms with Crippen LogP contribution in [0.2, 0.25) is 0 Å². The summed E-state index contributed by atoms with van der Waals surface area (Å²) < 4.78 is 17.7. The van der Waals surface area contributed by atoms with E-state index in [9.17, 15) is 14.3 Å². The zero-order chi connectivity index (χ0) is 9.42. The Morgan fingerprint density at radius 2 is 2.15 bits per heavy atom. The molecule has 0 aliphatic carbocycles. The van der Waals surface area contributed by atoms with Crippen molar-refractivity contribution in [2.75, 3.05) is 0 Å². The summed E-state index contributed by atoms with van der Waals surface area (Å²) in [7, 11) is 0. The molecule has 66 valence electrons. The van der Waals surface area contributed by atoms with E-state index in [0.29, 0.717) is 0 Å². The van der Waals surface area contributed by atoms with Crippen LogP contribution in [0.1, 0.15) is 0 Å². The summed E-state index contributed by atoms with van der Waals surface area (Å²) in [6.45, 7) is 0. The predicted molar refractivity (Wildman–Crippen MR) is 44.1 cm³/mol. The molecule has 0 aliphatic rings. The van der Waals surface area contributed by atoms with Crippen LogP contribution in [0.5, 0.6) is 5.75 Å². The standard InChI is InChI=1S/C9H5FO3/c10-5-2-1-3-7-9(5)6(11)4-8(12)13-7/h1-4,11H. The number of hydrogen-bond acceptors (Lipinski definition) is 3. The Balaban J connectivity index is 3.03. The second-order valence-corrected chi connectivity index (χ2v) is 2.56. The van der Waals surface area contributed by atoms with Crippen molar-refractivity contribution in [1.29, 1.82) is 0 Å². The molecule has 0 fully saturated rings. The van der Waals surface area contributed by atoms with Crippen molar-refractivity contribution in [3.8, 4) is 5.75 Å². The lowest BCUT2D eigenvalue weighted by Gasteiger charge is -1.98. The molecule has 13 heavy (non-hydrogen) atoms. The van der Waals surface area contributed by atoms with Crippen molar-refractivity contribution in [3.63, 3.8) is 0 Å². The van der Waals surface area contributed by atoms with E-state index in [1.807, 2.05) is 0 Å². The number of rotatable bonds is 0. The summed E-state index contributed by atoms with van der Waals surface area (Å²) in [5.74, 6) is -1.01. The van der Waals surface area contributed by atoms with Gasteiger partial charge in [-0.2, -0.15) is 0 Å². The van der Waals surface area contributed by atoms with Crippen molar-refractivity contribution < 1.29 is 13.9 Å². The van der Waals surface area contributed by atoms with Crippen molar-refractivity contribution in [2.24, 2.45) is 0 Å². The zero-order valence-electron chi connectivity index (χ0n) is 6.45. The number of fused-ring (bicyclic) bond motifs is 1. The monoisotopic (exact) mass is 180 g/mol. The van der Waals surface area contributed by atoms with Crippen molar-refractivity contribution in [1.82, 2.24) is 0 Å². The third-order valence-corrected chi connectivity index (χ3v) is 1.70. The van der Waals surface area contributed by atoms with E-state index in [-0.39, 0.29) is 11.0 Å². The molecular formula is C9H5FO3. The van der Waals surface area contributed by atoms with Crippen molar-refractivity contribution >= 4 is 11.0 Å². The molecule has 0 saturated carbocycles. The quantitative estimate of drug-likeness (QED) is 0.627. The Hall–Kier alpha value is -1.84. The Bertz CT molecular complexity index is 516. The Kier molecular flexibility index (Phi) is 1.55. The number of benzene rings is 1. The number of hydrogen-bond donors (Lipinski definition) is 1. The van der Waals surface area contributed by atoms with E-state index in [1.54, 1.807) is 0 Å². The molecule has 0 unspecified atom stereocenters. The van der Waals surface area contributed by atoms with Gasteiger partial charge in [0.25, 0.3) is 0 Å². The van der Waals surface area contributed by atoms with E-state index in [4.69, 9.17) is 0 Å². The molecule has 0 bridgehead atoms. The van der Waals surface area contributed by atoms with Gasteiger partial charge in [-0.3, -0.25) is 0 Å². The summed E-state index contributed by atoms with van der Waals surface area (Å²) in [5, 5.41) is 9.17. The van der Waals surface area contributed by atoms with Gasteiger partial charge in [0.1, 0.15) is 17.1 Å². The lowest BCUT2D eigenvalue weighted by molar-refractivity contribution is 0.464. The highest BCUT2D eigenvalue weighted by Gasteiger charge is 2.07. The molecule has 1 aromatic carbocycles. The lowest BCUT2D eigenvalue weighted by atomic mass is 10.2. The Morgan fingerprint density at radius 1 is 1.38 bits per heavy atom. The van der Waals surface area contributed by atoms with Crippen LogP contribution < -0.4 is 5.63 Å². The van der Waals surface area contributed by atoms with Gasteiger partial charge in [0.2, 0.25) is 0 Å². The van der Waals surface area contributed by atoms with E-state index < -0.39 is 17.2 Å². The van der Waals surface area contributed by atoms with E-state index >= 15 is 0 Å². The van der Waals surface area contributed by atoms with Crippen LogP contribution in [0.3, 0.4) is 0 Å². The molecule has 0 aliphatic heterocycles. The van der Waals surface area contributed by atoms with Gasteiger partial charge in [-0.1, -0.05) is 6.07 Å². The second kappa shape index (κ2) is 2.58. The smallest absolute Gasteiger partial charge is 0.339 e. The predicted octanol–water partition coefficient (Wildman–Crippen LogP) is 1.64. The van der Waals surface area contributed by atoms with Gasteiger partial charge in [0.15, 0.2) is 0 Å². The van der Waals surface area contributed by atoms with E-state index in [0.717, 1.165) is 6.07 Å². The second-order valence-electron chi connectivity index (χ2n) is 2.56. The highest BCUT2D eigenvalue weighted by Crippen LogP contribution is 2.24. The maximum absolute atomic E-state index is 13.1. The van der Waals surface area contributed by atoms with Crippen LogP contribution in [-0.2, 0) is 0 Å². The number of aromatic hydroxyl groups is 1. The summed E-state index contributed by atoms with van der Waals surface area (Å²) >= 11 is 0. The third-order valence-electron chi connectivity index (χ3n) is 1.70. The molecule has 2 rings (SSSR count). The minimum atomic E-state index is -0.699. The van der Waals surface area contributed by atoms with Gasteiger partial charge in [-0.15, -0.1) is 0 Å². The fraction of sp³-hybridized carbons (Fsp3) is 0. The number of halogens is 1. The Labute approximate surface area is 72.0 Å².